The zero-order chi connectivity index (χ0) is 57.8. The van der Waals surface area contributed by atoms with E-state index in [1.807, 2.05) is 0 Å². The number of para-hydroxylation sites is 2. The molecule has 0 aliphatic carbocycles. The largest absolute Gasteiger partial charge is 0.588 e. The molecule has 3 rings (SSSR count). The molecule has 16 nitrogen and oxygen atoms in total. The third-order valence-corrected chi connectivity index (χ3v) is 17.1. The standard InChI is InChI=1S/C54H82Cl6NO15PSi/c1-8-10-12-14-16-17-18-19-23-33-42(70-44(62)34-28-20-15-13-11-9-2)37-45(63)72-48-46(61-50(64)69-39-53(55,56)57)49(67-35-36-78(5,6)7)71-43(38-68-51(65)73-52(3,4)54(58,59)60)47(48)76-77(66,74-40-29-24-21-25-30-40)75-41-31-26-22-27-32-41/h21-22,24-27,29-32,42-43,46-49H,8-20,23,28,33-39H2,1-7H3,(H,61,64)/t42-,43-,46-,47-,48-,49?/m1/s1. The Kier molecular flexibility index (Phi) is 31.8. The minimum atomic E-state index is -5.01. The van der Waals surface area contributed by atoms with Crippen LogP contribution in [0, 0.1) is 0 Å². The van der Waals surface area contributed by atoms with Gasteiger partial charge in [0.2, 0.25) is 7.59 Å². The molecular formula is C54H82Cl6NO15PSi. The van der Waals surface area contributed by atoms with Gasteiger partial charge >= 0.3 is 32.0 Å². The van der Waals surface area contributed by atoms with Gasteiger partial charge in [-0.2, -0.15) is 0 Å². The lowest BCUT2D eigenvalue weighted by molar-refractivity contribution is -0.269. The first-order valence-corrected chi connectivity index (χ1v) is 34.5. The maximum Gasteiger partial charge on any atom is 0.588 e. The van der Waals surface area contributed by atoms with Crippen LogP contribution in [0.1, 0.15) is 143 Å². The van der Waals surface area contributed by atoms with E-state index >= 15 is 4.57 Å². The SMILES string of the molecule is CCCCCCCCCCC[C@H](CC(=O)O[C@H]1[C@H](OP(=O)(Oc2ccccc2)Oc2ccccc2)[C@@H](COC(=O)OC(C)(C)C(Cl)(Cl)Cl)OC(OCC[Si](C)(C)C)[C@@H]1NC(=O)OCC(Cl)(Cl)Cl)OC(=O)CCCCCCCC. The molecular weight excluding hydrogens is 1170 g/mol. The molecule has 1 N–H and O–H groups in total. The monoisotopic (exact) mass is 1250 g/mol. The highest BCUT2D eigenvalue weighted by Crippen LogP contribution is 2.53. The molecule has 0 radical (unpaired) electrons. The summed E-state index contributed by atoms with van der Waals surface area (Å²) in [4.78, 5) is 55.5. The van der Waals surface area contributed by atoms with Crippen LogP contribution < -0.4 is 14.4 Å². The van der Waals surface area contributed by atoms with Crippen LogP contribution in [0.25, 0.3) is 0 Å². The van der Waals surface area contributed by atoms with E-state index in [-0.39, 0.29) is 24.5 Å². The molecule has 444 valence electrons. The van der Waals surface area contributed by atoms with Crippen LogP contribution in [0.3, 0.4) is 0 Å². The summed E-state index contributed by atoms with van der Waals surface area (Å²) in [6.45, 7) is 11.9. The molecule has 0 bridgehead atoms. The van der Waals surface area contributed by atoms with Gasteiger partial charge in [-0.3, -0.25) is 14.1 Å². The lowest BCUT2D eigenvalue weighted by Gasteiger charge is -2.45. The van der Waals surface area contributed by atoms with E-state index in [4.69, 9.17) is 116 Å². The number of rotatable bonds is 36. The quantitative estimate of drug-likeness (QED) is 0.0169. The number of phosphoric ester groups is 1. The van der Waals surface area contributed by atoms with Crippen LogP contribution in [0.4, 0.5) is 9.59 Å². The maximum atomic E-state index is 15.4. The van der Waals surface area contributed by atoms with Crippen LogP contribution >= 0.6 is 77.4 Å². The molecule has 6 atom stereocenters. The zero-order valence-electron chi connectivity index (χ0n) is 46.1. The fourth-order valence-electron chi connectivity index (χ4n) is 7.85. The van der Waals surface area contributed by atoms with E-state index in [0.717, 1.165) is 70.6 Å². The Balaban J connectivity index is 2.19. The molecule has 24 heteroatoms. The fraction of sp³-hybridized carbons (Fsp3) is 0.704. The molecule has 1 aliphatic heterocycles. The molecule has 78 heavy (non-hydrogen) atoms. The number of nitrogens with one attached hydrogen (secondary N) is 1. The van der Waals surface area contributed by atoms with Crippen LogP contribution in [0.5, 0.6) is 11.5 Å². The maximum absolute atomic E-state index is 15.4. The molecule has 0 aromatic heterocycles. The molecule has 1 heterocycles. The minimum Gasteiger partial charge on any atom is -0.462 e. The van der Waals surface area contributed by atoms with Crippen LogP contribution in [0.15, 0.2) is 60.7 Å². The van der Waals surface area contributed by atoms with Crippen LogP contribution in [-0.2, 0) is 51.8 Å². The number of halogens is 6. The first-order chi connectivity index (χ1) is 36.7. The number of benzene rings is 2. The predicted octanol–water partition coefficient (Wildman–Crippen LogP) is 16.4. The third kappa shape index (κ3) is 29.0. The number of carbonyl (C=O) groups excluding carboxylic acids is 4. The normalized spacial score (nSPS) is 18.6. The molecule has 1 aliphatic rings. The summed E-state index contributed by atoms with van der Waals surface area (Å²) in [5.74, 6) is -1.32. The smallest absolute Gasteiger partial charge is 0.462 e. The Morgan fingerprint density at radius 1 is 0.705 bits per heavy atom. The highest BCUT2D eigenvalue weighted by molar-refractivity contribution is 7.49. The fourth-order valence-corrected chi connectivity index (χ4v) is 10.3. The van der Waals surface area contributed by atoms with Crippen molar-refractivity contribution in [3.63, 3.8) is 0 Å². The van der Waals surface area contributed by atoms with Gasteiger partial charge in [-0.05, 0) is 63.4 Å². The number of hydrogen-bond acceptors (Lipinski definition) is 15. The lowest BCUT2D eigenvalue weighted by atomic mass is 9.96. The van der Waals surface area contributed by atoms with Gasteiger partial charge in [0, 0.05) is 21.1 Å². The molecule has 1 fully saturated rings. The third-order valence-electron chi connectivity index (χ3n) is 12.3. The van der Waals surface area contributed by atoms with Gasteiger partial charge in [-0.1, -0.05) is 223 Å². The van der Waals surface area contributed by atoms with Crippen molar-refractivity contribution in [1.29, 1.82) is 0 Å². The van der Waals surface area contributed by atoms with E-state index in [0.29, 0.717) is 25.3 Å². The van der Waals surface area contributed by atoms with Crippen molar-refractivity contribution in [2.45, 2.75) is 219 Å². The topological polar surface area (TPSA) is 190 Å². The second-order valence-electron chi connectivity index (χ2n) is 21.0. The number of phosphoric acid groups is 1. The van der Waals surface area contributed by atoms with Crippen molar-refractivity contribution in [3.8, 4) is 11.5 Å². The zero-order valence-corrected chi connectivity index (χ0v) is 52.6. The van der Waals surface area contributed by atoms with E-state index in [9.17, 15) is 19.2 Å². The minimum absolute atomic E-state index is 0.0342. The second kappa shape index (κ2) is 35.6. The van der Waals surface area contributed by atoms with Crippen molar-refractivity contribution in [1.82, 2.24) is 5.32 Å². The van der Waals surface area contributed by atoms with Crippen LogP contribution in [-0.4, -0.2) is 102 Å². The first kappa shape index (κ1) is 69.9. The summed E-state index contributed by atoms with van der Waals surface area (Å²) < 4.78 is 71.3. The number of alkyl carbamates (subject to hydrolysis) is 1. The van der Waals surface area contributed by atoms with Crippen LogP contribution in [0.2, 0.25) is 25.7 Å². The summed E-state index contributed by atoms with van der Waals surface area (Å²) in [5.41, 5.74) is -1.73. The Labute approximate surface area is 493 Å². The molecule has 0 saturated carbocycles. The van der Waals surface area contributed by atoms with Crippen molar-refractivity contribution in [3.05, 3.63) is 60.7 Å². The van der Waals surface area contributed by atoms with E-state index in [1.165, 1.54) is 51.0 Å². The number of ether oxygens (including phenoxy) is 7. The van der Waals surface area contributed by atoms with Crippen molar-refractivity contribution in [2.75, 3.05) is 19.8 Å². The molecule has 1 unspecified atom stereocenters. The summed E-state index contributed by atoms with van der Waals surface area (Å²) in [5, 5.41) is 2.62. The molecule has 2 aromatic rings. The molecule has 1 saturated heterocycles. The van der Waals surface area contributed by atoms with Gasteiger partial charge in [0.15, 0.2) is 18.0 Å². The van der Waals surface area contributed by atoms with Gasteiger partial charge < -0.3 is 47.5 Å². The van der Waals surface area contributed by atoms with E-state index in [1.54, 1.807) is 36.4 Å². The van der Waals surface area contributed by atoms with E-state index in [2.05, 4.69) is 38.8 Å². The van der Waals surface area contributed by atoms with Gasteiger partial charge in [0.25, 0.3) is 0 Å². The summed E-state index contributed by atoms with van der Waals surface area (Å²) in [6, 6.07) is 14.9. The van der Waals surface area contributed by atoms with Gasteiger partial charge in [-0.25, -0.2) is 14.2 Å². The number of esters is 2. The Hall–Kier alpha value is -2.41. The Morgan fingerprint density at radius 2 is 1.23 bits per heavy atom. The molecule has 0 spiro atoms. The van der Waals surface area contributed by atoms with Crippen molar-refractivity contribution >= 4 is 110 Å². The summed E-state index contributed by atoms with van der Waals surface area (Å²) in [6.07, 6.45) is 4.84. The molecule has 1 amide bonds. The number of unbranched alkanes of at least 4 members (excludes halogenated alkanes) is 13. The summed E-state index contributed by atoms with van der Waals surface area (Å²) in [7, 11) is -6.84. The van der Waals surface area contributed by atoms with Gasteiger partial charge in [0.05, 0.1) is 6.42 Å². The van der Waals surface area contributed by atoms with E-state index < -0.39 is 110 Å². The average molecular weight is 1260 g/mol. The van der Waals surface area contributed by atoms with Crippen molar-refractivity contribution in [2.24, 2.45) is 0 Å². The number of hydrogen-bond donors (Lipinski definition) is 1. The second-order valence-corrected chi connectivity index (χ2v) is 32.9. The number of amides is 1. The average Bonchev–Trinajstić information content (AvgIpc) is 3.34. The number of alkyl halides is 6. The first-order valence-electron chi connectivity index (χ1n) is 27.1. The highest BCUT2D eigenvalue weighted by Gasteiger charge is 2.55. The Morgan fingerprint density at radius 3 is 1.74 bits per heavy atom. The summed E-state index contributed by atoms with van der Waals surface area (Å²) >= 11 is 36.3. The van der Waals surface area contributed by atoms with Crippen molar-refractivity contribution < 1.29 is 70.5 Å². The van der Waals surface area contributed by atoms with Gasteiger partial charge in [-0.15, -0.1) is 0 Å². The molecule has 2 aromatic carbocycles. The highest BCUT2D eigenvalue weighted by atomic mass is 35.6. The predicted molar refractivity (Wildman–Crippen MR) is 309 cm³/mol. The number of carbonyl (C=O) groups is 4. The Bertz CT molecular complexity index is 2060. The lowest BCUT2D eigenvalue weighted by Crippen LogP contribution is -2.66. The van der Waals surface area contributed by atoms with Gasteiger partial charge in [0.1, 0.15) is 49.1 Å².